The van der Waals surface area contributed by atoms with Gasteiger partial charge in [-0.15, -0.1) is 0 Å². The molecule has 0 radical (unpaired) electrons. The second-order valence-electron chi connectivity index (χ2n) is 6.25. The third-order valence-electron chi connectivity index (χ3n) is 4.38. The Morgan fingerprint density at radius 2 is 2.04 bits per heavy atom. The summed E-state index contributed by atoms with van der Waals surface area (Å²) in [4.78, 5) is 9.35. The molecule has 0 bridgehead atoms. The molecule has 1 aliphatic rings. The largest absolute Gasteiger partial charge is 0.497 e. The number of methoxy groups -OCH3 is 1. The van der Waals surface area contributed by atoms with Crippen LogP contribution in [0.15, 0.2) is 51.9 Å². The number of fused-ring (bicyclic) bond motifs is 1. The van der Waals surface area contributed by atoms with Crippen molar-refractivity contribution in [2.45, 2.75) is 6.42 Å². The lowest BCUT2D eigenvalue weighted by atomic mass is 10.1. The first-order chi connectivity index (χ1) is 13.6. The summed E-state index contributed by atoms with van der Waals surface area (Å²) in [5.74, 6) is 0.879. The molecule has 0 amide bonds. The van der Waals surface area contributed by atoms with E-state index in [0.29, 0.717) is 10.0 Å². The Morgan fingerprint density at radius 1 is 1.21 bits per heavy atom. The van der Waals surface area contributed by atoms with E-state index >= 15 is 0 Å². The van der Waals surface area contributed by atoms with Crippen molar-refractivity contribution in [1.29, 1.82) is 0 Å². The smallest absolute Gasteiger partial charge is 0.231 e. The van der Waals surface area contributed by atoms with Crippen LogP contribution in [0.25, 0.3) is 11.6 Å². The van der Waals surface area contributed by atoms with E-state index in [1.165, 1.54) is 16.9 Å². The number of aromatic nitrogens is 1. The van der Waals surface area contributed by atoms with E-state index in [1.807, 2.05) is 54.8 Å². The van der Waals surface area contributed by atoms with Crippen molar-refractivity contribution in [3.63, 3.8) is 0 Å². The van der Waals surface area contributed by atoms with Gasteiger partial charge < -0.3 is 15.2 Å². The lowest BCUT2D eigenvalue weighted by molar-refractivity contribution is 0.414. The molecular formula is C21H18BrN3O2S. The number of nitrogens with zero attached hydrogens (tertiary/aromatic N) is 2. The molecule has 0 fully saturated rings. The minimum Gasteiger partial charge on any atom is -0.497 e. The molecule has 0 unspecified atom stereocenters. The van der Waals surface area contributed by atoms with Gasteiger partial charge in [0.15, 0.2) is 5.13 Å². The molecule has 0 aliphatic carbocycles. The van der Waals surface area contributed by atoms with Crippen LogP contribution in [-0.2, 0) is 6.42 Å². The third kappa shape index (κ3) is 4.10. The highest BCUT2D eigenvalue weighted by atomic mass is 79.9. The average Bonchev–Trinajstić information content (AvgIpc) is 3.26. The number of allylic oxidation sites excluding steroid dienone is 1. The molecule has 1 aromatic heterocycles. The molecule has 3 aromatic rings. The van der Waals surface area contributed by atoms with Crippen molar-refractivity contribution in [3.8, 4) is 11.6 Å². The van der Waals surface area contributed by atoms with Gasteiger partial charge in [-0.2, -0.15) is 4.98 Å². The molecule has 5 nitrogen and oxygen atoms in total. The standard InChI is InChI=1S/C21H18BrN3O2S/c1-27-16-5-2-13(3-6-16)8-9-23-21-25-20(26)19(28-21)10-14-12-24-18-7-4-15(22)11-17(14)18/h2-7,10-12,26H,8-9H2,1H3,(H,23,25). The van der Waals surface area contributed by atoms with Crippen molar-refractivity contribution in [3.05, 3.63) is 62.9 Å². The maximum absolute atomic E-state index is 10.2. The molecular weight excluding hydrogens is 438 g/mol. The molecule has 0 spiro atoms. The Hall–Kier alpha value is -2.64. The van der Waals surface area contributed by atoms with E-state index in [1.54, 1.807) is 7.11 Å². The van der Waals surface area contributed by atoms with Gasteiger partial charge >= 0.3 is 0 Å². The van der Waals surface area contributed by atoms with E-state index in [4.69, 9.17) is 4.74 Å². The van der Waals surface area contributed by atoms with Gasteiger partial charge in [0.2, 0.25) is 5.88 Å². The first-order valence-corrected chi connectivity index (χ1v) is 10.4. The average molecular weight is 456 g/mol. The van der Waals surface area contributed by atoms with Gasteiger partial charge in [-0.1, -0.05) is 39.4 Å². The number of aliphatic imine (C=N–C) groups is 1. The molecule has 2 aromatic carbocycles. The molecule has 1 aliphatic heterocycles. The van der Waals surface area contributed by atoms with Crippen LogP contribution in [0.3, 0.4) is 0 Å². The number of rotatable bonds is 6. The summed E-state index contributed by atoms with van der Waals surface area (Å²) < 4.78 is 6.17. The van der Waals surface area contributed by atoms with E-state index in [9.17, 15) is 5.11 Å². The van der Waals surface area contributed by atoms with E-state index in [2.05, 4.69) is 31.2 Å². The van der Waals surface area contributed by atoms with Crippen LogP contribution in [0.2, 0.25) is 0 Å². The third-order valence-corrected chi connectivity index (χ3v) is 5.82. The number of aromatic hydroxyl groups is 1. The molecule has 28 heavy (non-hydrogen) atoms. The summed E-state index contributed by atoms with van der Waals surface area (Å²) in [5.41, 5.74) is 4.13. The van der Waals surface area contributed by atoms with Crippen molar-refractivity contribution in [1.82, 2.24) is 4.98 Å². The predicted octanol–water partition coefficient (Wildman–Crippen LogP) is 5.53. The predicted molar refractivity (Wildman–Crippen MR) is 119 cm³/mol. The van der Waals surface area contributed by atoms with Gasteiger partial charge in [-0.3, -0.25) is 4.99 Å². The number of anilines is 1. The Kier molecular flexibility index (Phi) is 5.45. The fourth-order valence-corrected chi connectivity index (χ4v) is 4.11. The molecule has 2 N–H and O–H groups in total. The first kappa shape index (κ1) is 18.7. The number of thiazole rings is 1. The van der Waals surface area contributed by atoms with Gasteiger partial charge in [0.1, 0.15) is 5.75 Å². The van der Waals surface area contributed by atoms with Crippen LogP contribution in [0.5, 0.6) is 11.6 Å². The minimum absolute atomic E-state index is 0.0290. The summed E-state index contributed by atoms with van der Waals surface area (Å²) in [6.07, 6.45) is 4.59. The maximum atomic E-state index is 10.2. The van der Waals surface area contributed by atoms with Crippen LogP contribution in [0.1, 0.15) is 16.0 Å². The Labute approximate surface area is 175 Å². The molecule has 0 saturated carbocycles. The van der Waals surface area contributed by atoms with Crippen molar-refractivity contribution in [2.24, 2.45) is 4.99 Å². The van der Waals surface area contributed by atoms with E-state index in [-0.39, 0.29) is 5.88 Å². The topological polar surface area (TPSA) is 66.7 Å². The van der Waals surface area contributed by atoms with Gasteiger partial charge in [0.25, 0.3) is 0 Å². The highest BCUT2D eigenvalue weighted by molar-refractivity contribution is 9.10. The van der Waals surface area contributed by atoms with Gasteiger partial charge in [-0.05, 0) is 48.4 Å². The maximum Gasteiger partial charge on any atom is 0.231 e. The Morgan fingerprint density at radius 3 is 2.82 bits per heavy atom. The van der Waals surface area contributed by atoms with Crippen LogP contribution >= 0.6 is 27.3 Å². The monoisotopic (exact) mass is 455 g/mol. The van der Waals surface area contributed by atoms with Gasteiger partial charge in [0.05, 0.1) is 17.7 Å². The second-order valence-corrected chi connectivity index (χ2v) is 8.20. The second kappa shape index (κ2) is 8.16. The number of benzene rings is 2. The highest BCUT2D eigenvalue weighted by Crippen LogP contribution is 2.37. The van der Waals surface area contributed by atoms with Crippen LogP contribution < -0.4 is 10.1 Å². The lowest BCUT2D eigenvalue weighted by Crippen LogP contribution is -2.04. The zero-order chi connectivity index (χ0) is 19.5. The summed E-state index contributed by atoms with van der Waals surface area (Å²) in [5, 5.41) is 14.2. The molecule has 2 heterocycles. The van der Waals surface area contributed by atoms with E-state index in [0.717, 1.165) is 40.0 Å². The highest BCUT2D eigenvalue weighted by Gasteiger charge is 2.15. The van der Waals surface area contributed by atoms with Crippen LogP contribution in [-0.4, -0.2) is 30.0 Å². The van der Waals surface area contributed by atoms with Crippen LogP contribution in [0, 0.1) is 0 Å². The zero-order valence-electron chi connectivity index (χ0n) is 15.1. The molecule has 4 rings (SSSR count). The first-order valence-electron chi connectivity index (χ1n) is 8.74. The minimum atomic E-state index is 0.0290. The number of hydrogen-bond acceptors (Lipinski definition) is 6. The molecule has 142 valence electrons. The number of nitrogens with one attached hydrogen (secondary N) is 1. The van der Waals surface area contributed by atoms with Gasteiger partial charge in [0, 0.05) is 28.4 Å². The normalized spacial score (nSPS) is 13.7. The summed E-state index contributed by atoms with van der Waals surface area (Å²) in [7, 11) is 1.66. The Balaban J connectivity index is 1.43. The summed E-state index contributed by atoms with van der Waals surface area (Å²) in [6, 6.07) is 14.0. The molecule has 0 saturated heterocycles. The van der Waals surface area contributed by atoms with Gasteiger partial charge in [-0.25, -0.2) is 0 Å². The Bertz CT molecular complexity index is 1060. The van der Waals surface area contributed by atoms with Crippen molar-refractivity contribution >= 4 is 55.9 Å². The molecule has 0 atom stereocenters. The van der Waals surface area contributed by atoms with Crippen LogP contribution in [0.4, 0.5) is 10.8 Å². The van der Waals surface area contributed by atoms with Crippen molar-refractivity contribution < 1.29 is 9.84 Å². The SMILES string of the molecule is COc1ccc(CCNc2nc(O)c(C=C3C=Nc4ccc(Br)cc43)s2)cc1. The summed E-state index contributed by atoms with van der Waals surface area (Å²) in [6.45, 7) is 0.729. The van der Waals surface area contributed by atoms with E-state index < -0.39 is 0 Å². The molecule has 7 heteroatoms. The zero-order valence-corrected chi connectivity index (χ0v) is 17.5. The lowest BCUT2D eigenvalue weighted by Gasteiger charge is -2.04. The van der Waals surface area contributed by atoms with Crippen molar-refractivity contribution in [2.75, 3.05) is 19.0 Å². The number of hydrogen-bond donors (Lipinski definition) is 2. The quantitative estimate of drug-likeness (QED) is 0.512. The summed E-state index contributed by atoms with van der Waals surface area (Å²) >= 11 is 4.92. The fourth-order valence-electron chi connectivity index (χ4n) is 2.92. The number of halogens is 1. The fraction of sp³-hybridized carbons (Fsp3) is 0.143. The number of ether oxygens (including phenoxy) is 1.